The first-order valence-electron chi connectivity index (χ1n) is 14.3. The quantitative estimate of drug-likeness (QED) is 0.484. The van der Waals surface area contributed by atoms with E-state index in [0.29, 0.717) is 34.5 Å². The van der Waals surface area contributed by atoms with Crippen LogP contribution in [0.25, 0.3) is 0 Å². The highest BCUT2D eigenvalue weighted by molar-refractivity contribution is 7.90. The molecule has 4 aliphatic rings. The number of rotatable bonds is 7. The number of hydrogen-bond acceptors (Lipinski definition) is 4. The van der Waals surface area contributed by atoms with Gasteiger partial charge in [0.2, 0.25) is 5.91 Å². The third-order valence-electron chi connectivity index (χ3n) is 12.8. The van der Waals surface area contributed by atoms with Crippen molar-refractivity contribution in [2.75, 3.05) is 18.6 Å². The SMILES string of the molecule is C[C@H](CCC(=O)NCCS(C)(=O)=O)[C@@]1(C)CC[C@H]2[C@@H]3CC[C@@H]4C[C@H](O)CC[C@]4(C)[C@@]3(C)CC[C@@]21C. The van der Waals surface area contributed by atoms with E-state index in [1.54, 1.807) is 0 Å². The summed E-state index contributed by atoms with van der Waals surface area (Å²) in [5.41, 5.74) is 1.26. The van der Waals surface area contributed by atoms with Gasteiger partial charge in [-0.05, 0) is 110 Å². The Kier molecular flexibility index (Phi) is 7.28. The summed E-state index contributed by atoms with van der Waals surface area (Å²) in [6.45, 7) is 12.8. The van der Waals surface area contributed by atoms with Crippen LogP contribution in [0, 0.1) is 45.3 Å². The van der Waals surface area contributed by atoms with Gasteiger partial charge < -0.3 is 10.4 Å². The number of aliphatic hydroxyl groups excluding tert-OH is 1. The van der Waals surface area contributed by atoms with E-state index >= 15 is 0 Å². The lowest BCUT2D eigenvalue weighted by atomic mass is 9.37. The minimum Gasteiger partial charge on any atom is -0.393 e. The van der Waals surface area contributed by atoms with E-state index in [0.717, 1.165) is 31.1 Å². The molecule has 6 heteroatoms. The first kappa shape index (κ1) is 27.4. The zero-order valence-corrected chi connectivity index (χ0v) is 24.0. The van der Waals surface area contributed by atoms with Crippen molar-refractivity contribution in [2.24, 2.45) is 45.3 Å². The molecule has 0 saturated heterocycles. The Bertz CT molecular complexity index is 920. The highest BCUT2D eigenvalue weighted by Crippen LogP contribution is 2.75. The van der Waals surface area contributed by atoms with Crippen molar-refractivity contribution in [2.45, 2.75) is 111 Å². The largest absolute Gasteiger partial charge is 0.393 e. The van der Waals surface area contributed by atoms with Crippen LogP contribution in [0.5, 0.6) is 0 Å². The molecule has 0 spiro atoms. The topological polar surface area (TPSA) is 83.5 Å². The number of aliphatic hydroxyl groups is 1. The zero-order chi connectivity index (χ0) is 25.9. The Morgan fingerprint density at radius 2 is 1.60 bits per heavy atom. The number of fused-ring (bicyclic) bond motifs is 5. The van der Waals surface area contributed by atoms with Gasteiger partial charge in [-0.1, -0.05) is 34.6 Å². The molecule has 0 radical (unpaired) electrons. The predicted octanol–water partition coefficient (Wildman–Crippen LogP) is 5.36. The molecule has 0 aromatic rings. The Morgan fingerprint density at radius 1 is 0.943 bits per heavy atom. The summed E-state index contributed by atoms with van der Waals surface area (Å²) in [5, 5.41) is 13.2. The molecule has 2 N–H and O–H groups in total. The first-order valence-corrected chi connectivity index (χ1v) is 16.3. The molecule has 0 aromatic heterocycles. The Balaban J connectivity index is 1.44. The lowest BCUT2D eigenvalue weighted by Gasteiger charge is -2.68. The molecule has 0 bridgehead atoms. The lowest BCUT2D eigenvalue weighted by molar-refractivity contribution is -0.195. The number of amides is 1. The van der Waals surface area contributed by atoms with Gasteiger partial charge in [-0.3, -0.25) is 4.79 Å². The molecule has 0 aliphatic heterocycles. The minimum absolute atomic E-state index is 0.00462. The Labute approximate surface area is 214 Å². The van der Waals surface area contributed by atoms with Crippen LogP contribution in [0.15, 0.2) is 0 Å². The van der Waals surface area contributed by atoms with Crippen molar-refractivity contribution in [1.82, 2.24) is 5.32 Å². The van der Waals surface area contributed by atoms with E-state index in [4.69, 9.17) is 0 Å². The second kappa shape index (κ2) is 9.29. The molecule has 5 nitrogen and oxygen atoms in total. The van der Waals surface area contributed by atoms with Gasteiger partial charge in [0.05, 0.1) is 11.9 Å². The maximum absolute atomic E-state index is 12.4. The van der Waals surface area contributed by atoms with Crippen LogP contribution in [-0.4, -0.2) is 44.1 Å². The molecule has 4 fully saturated rings. The van der Waals surface area contributed by atoms with E-state index in [-0.39, 0.29) is 29.7 Å². The molecule has 0 unspecified atom stereocenters. The van der Waals surface area contributed by atoms with E-state index < -0.39 is 9.84 Å². The third-order valence-corrected chi connectivity index (χ3v) is 13.8. The van der Waals surface area contributed by atoms with Gasteiger partial charge in [-0.25, -0.2) is 8.42 Å². The number of sulfone groups is 1. The molecule has 4 aliphatic carbocycles. The van der Waals surface area contributed by atoms with Gasteiger partial charge in [0.15, 0.2) is 0 Å². The highest BCUT2D eigenvalue weighted by atomic mass is 32.2. The molecule has 0 aromatic carbocycles. The molecule has 0 heterocycles. The molecule has 202 valence electrons. The van der Waals surface area contributed by atoms with Gasteiger partial charge in [-0.15, -0.1) is 0 Å². The van der Waals surface area contributed by atoms with Gasteiger partial charge in [0, 0.05) is 19.2 Å². The first-order chi connectivity index (χ1) is 16.2. The van der Waals surface area contributed by atoms with Crippen LogP contribution in [0.4, 0.5) is 0 Å². The van der Waals surface area contributed by atoms with Gasteiger partial charge in [0.1, 0.15) is 9.84 Å². The van der Waals surface area contributed by atoms with Crippen LogP contribution in [0.3, 0.4) is 0 Å². The van der Waals surface area contributed by atoms with Crippen LogP contribution in [0.1, 0.15) is 105 Å². The van der Waals surface area contributed by atoms with E-state index in [9.17, 15) is 18.3 Å². The summed E-state index contributed by atoms with van der Waals surface area (Å²) in [7, 11) is -3.05. The fourth-order valence-electron chi connectivity index (χ4n) is 9.86. The van der Waals surface area contributed by atoms with E-state index in [2.05, 4.69) is 39.9 Å². The standard InChI is InChI=1S/C29H51NO4S/c1-20(7-10-25(32)30-17-18-35(6,33)34)26(2)14-12-24-23-9-8-21-19-22(31)11-13-27(21,3)29(23,5)16-15-28(24,26)4/h20-24,31H,7-19H2,1-6H3,(H,30,32)/t20-,21-,22-,23+,24+,26-,27+,28+,29+/m1/s1. The maximum Gasteiger partial charge on any atom is 0.220 e. The summed E-state index contributed by atoms with van der Waals surface area (Å²) in [6.07, 6.45) is 13.3. The third kappa shape index (κ3) is 4.51. The van der Waals surface area contributed by atoms with E-state index in [1.165, 1.54) is 51.2 Å². The van der Waals surface area contributed by atoms with Gasteiger partial charge >= 0.3 is 0 Å². The molecule has 4 rings (SSSR count). The Hall–Kier alpha value is -0.620. The normalized spacial score (nSPS) is 46.3. The molecule has 1 amide bonds. The van der Waals surface area contributed by atoms with Crippen molar-refractivity contribution in [3.05, 3.63) is 0 Å². The van der Waals surface area contributed by atoms with Crippen molar-refractivity contribution < 1.29 is 18.3 Å². The minimum atomic E-state index is -3.05. The smallest absolute Gasteiger partial charge is 0.220 e. The summed E-state index contributed by atoms with van der Waals surface area (Å²) >= 11 is 0. The fraction of sp³-hybridized carbons (Fsp3) is 0.966. The highest BCUT2D eigenvalue weighted by Gasteiger charge is 2.68. The summed E-state index contributed by atoms with van der Waals surface area (Å²) < 4.78 is 22.7. The van der Waals surface area contributed by atoms with Crippen molar-refractivity contribution in [1.29, 1.82) is 0 Å². The maximum atomic E-state index is 12.4. The molecule has 9 atom stereocenters. The number of carbonyl (C=O) groups is 1. The second-order valence-electron chi connectivity index (χ2n) is 14.0. The average Bonchev–Trinajstić information content (AvgIpc) is 3.04. The fourth-order valence-corrected chi connectivity index (χ4v) is 10.3. The zero-order valence-electron chi connectivity index (χ0n) is 23.2. The number of hydrogen-bond donors (Lipinski definition) is 2. The van der Waals surface area contributed by atoms with Crippen molar-refractivity contribution in [3.63, 3.8) is 0 Å². The summed E-state index contributed by atoms with van der Waals surface area (Å²) in [4.78, 5) is 12.4. The van der Waals surface area contributed by atoms with Crippen LogP contribution >= 0.6 is 0 Å². The second-order valence-corrected chi connectivity index (χ2v) is 16.3. The molecular formula is C29H51NO4S. The van der Waals surface area contributed by atoms with Gasteiger partial charge in [0.25, 0.3) is 0 Å². The number of nitrogens with one attached hydrogen (secondary N) is 1. The number of carbonyl (C=O) groups excluding carboxylic acids is 1. The Morgan fingerprint density at radius 3 is 2.29 bits per heavy atom. The van der Waals surface area contributed by atoms with Crippen LogP contribution in [-0.2, 0) is 14.6 Å². The summed E-state index contributed by atoms with van der Waals surface area (Å²) in [5.74, 6) is 2.63. The van der Waals surface area contributed by atoms with Crippen LogP contribution < -0.4 is 5.32 Å². The molecule has 35 heavy (non-hydrogen) atoms. The van der Waals surface area contributed by atoms with E-state index in [1.807, 2.05) is 0 Å². The van der Waals surface area contributed by atoms with Gasteiger partial charge in [-0.2, -0.15) is 0 Å². The van der Waals surface area contributed by atoms with Crippen LogP contribution in [0.2, 0.25) is 0 Å². The lowest BCUT2D eigenvalue weighted by Crippen LogP contribution is -2.61. The predicted molar refractivity (Wildman–Crippen MR) is 142 cm³/mol. The van der Waals surface area contributed by atoms with Crippen molar-refractivity contribution >= 4 is 15.7 Å². The molecule has 4 saturated carbocycles. The molecular weight excluding hydrogens is 458 g/mol. The van der Waals surface area contributed by atoms with Crippen molar-refractivity contribution in [3.8, 4) is 0 Å². The average molecular weight is 510 g/mol. The monoisotopic (exact) mass is 509 g/mol. The summed E-state index contributed by atoms with van der Waals surface area (Å²) in [6, 6.07) is 0.